The van der Waals surface area contributed by atoms with Gasteiger partial charge in [0.05, 0.1) is 13.5 Å². The molecule has 0 bridgehead atoms. The van der Waals surface area contributed by atoms with E-state index in [1.807, 2.05) is 13.3 Å². The van der Waals surface area contributed by atoms with Gasteiger partial charge >= 0.3 is 5.97 Å². The van der Waals surface area contributed by atoms with Crippen LogP contribution in [-0.4, -0.2) is 38.2 Å². The first-order valence-electron chi connectivity index (χ1n) is 3.47. The summed E-state index contributed by atoms with van der Waals surface area (Å²) in [6, 6.07) is 0.234. The van der Waals surface area contributed by atoms with E-state index in [1.165, 1.54) is 7.11 Å². The second kappa shape index (κ2) is 6.49. The molecule has 4 heteroatoms. The number of esters is 1. The average Bonchev–Trinajstić information content (AvgIpc) is 2.03. The summed E-state index contributed by atoms with van der Waals surface area (Å²) in [6.07, 6.45) is 2.47. The zero-order valence-corrected chi connectivity index (χ0v) is 8.03. The Kier molecular flexibility index (Phi) is 6.36. The van der Waals surface area contributed by atoms with Gasteiger partial charge in [-0.05, 0) is 13.3 Å². The molecule has 0 fully saturated rings. The molecule has 0 heterocycles. The third-order valence-corrected chi connectivity index (χ3v) is 2.15. The summed E-state index contributed by atoms with van der Waals surface area (Å²) in [5, 5.41) is 3.05. The van der Waals surface area contributed by atoms with E-state index in [-0.39, 0.29) is 12.0 Å². The Morgan fingerprint density at radius 1 is 1.73 bits per heavy atom. The van der Waals surface area contributed by atoms with Crippen molar-refractivity contribution in [3.63, 3.8) is 0 Å². The van der Waals surface area contributed by atoms with Crippen LogP contribution in [0.5, 0.6) is 0 Å². The minimum atomic E-state index is -0.154. The second-order valence-electron chi connectivity index (χ2n) is 2.22. The fourth-order valence-electron chi connectivity index (χ4n) is 0.730. The van der Waals surface area contributed by atoms with Crippen molar-refractivity contribution in [2.24, 2.45) is 0 Å². The largest absolute Gasteiger partial charge is 0.469 e. The number of rotatable bonds is 5. The fraction of sp³-hybridized carbons (Fsp3) is 0.857. The maximum Gasteiger partial charge on any atom is 0.307 e. The topological polar surface area (TPSA) is 38.3 Å². The number of hydrogen-bond donors (Lipinski definition) is 1. The van der Waals surface area contributed by atoms with Gasteiger partial charge in [0.15, 0.2) is 0 Å². The maximum atomic E-state index is 10.8. The first-order valence-corrected chi connectivity index (χ1v) is 4.87. The van der Waals surface area contributed by atoms with Crippen molar-refractivity contribution >= 4 is 17.7 Å². The van der Waals surface area contributed by atoms with E-state index in [1.54, 1.807) is 11.8 Å². The molecular weight excluding hydrogens is 162 g/mol. The van der Waals surface area contributed by atoms with E-state index < -0.39 is 0 Å². The van der Waals surface area contributed by atoms with Gasteiger partial charge in [-0.25, -0.2) is 0 Å². The molecule has 0 saturated heterocycles. The van der Waals surface area contributed by atoms with Crippen LogP contribution >= 0.6 is 11.8 Å². The highest BCUT2D eigenvalue weighted by Crippen LogP contribution is 2.01. The molecular formula is C7H15NO2S. The summed E-state index contributed by atoms with van der Waals surface area (Å²) in [6.45, 7) is 0. The highest BCUT2D eigenvalue weighted by atomic mass is 32.2. The lowest BCUT2D eigenvalue weighted by molar-refractivity contribution is -0.141. The lowest BCUT2D eigenvalue weighted by Crippen LogP contribution is -2.30. The molecule has 0 spiro atoms. The lowest BCUT2D eigenvalue weighted by atomic mass is 10.2. The minimum Gasteiger partial charge on any atom is -0.469 e. The van der Waals surface area contributed by atoms with Gasteiger partial charge < -0.3 is 10.1 Å². The van der Waals surface area contributed by atoms with Crippen LogP contribution in [-0.2, 0) is 9.53 Å². The molecule has 0 aromatic rings. The predicted octanol–water partition coefficient (Wildman–Crippen LogP) is 0.500. The van der Waals surface area contributed by atoms with E-state index in [4.69, 9.17) is 0 Å². The van der Waals surface area contributed by atoms with Crippen LogP contribution in [0, 0.1) is 0 Å². The maximum absolute atomic E-state index is 10.8. The van der Waals surface area contributed by atoms with E-state index in [0.29, 0.717) is 6.42 Å². The molecule has 0 aromatic heterocycles. The molecule has 1 N–H and O–H groups in total. The number of thioether (sulfide) groups is 1. The van der Waals surface area contributed by atoms with Gasteiger partial charge in [-0.1, -0.05) is 0 Å². The molecule has 0 saturated carbocycles. The lowest BCUT2D eigenvalue weighted by Gasteiger charge is -2.12. The second-order valence-corrected chi connectivity index (χ2v) is 3.13. The van der Waals surface area contributed by atoms with Crippen molar-refractivity contribution < 1.29 is 9.53 Å². The summed E-state index contributed by atoms with van der Waals surface area (Å²) in [4.78, 5) is 10.8. The van der Waals surface area contributed by atoms with Crippen LogP contribution in [0.1, 0.15) is 6.42 Å². The van der Waals surface area contributed by atoms with Crippen LogP contribution in [0.15, 0.2) is 0 Å². The Bertz CT molecular complexity index is 119. The first kappa shape index (κ1) is 10.8. The Morgan fingerprint density at radius 2 is 2.36 bits per heavy atom. The molecule has 0 aromatic carbocycles. The molecule has 0 rings (SSSR count). The highest BCUT2D eigenvalue weighted by molar-refractivity contribution is 7.98. The van der Waals surface area contributed by atoms with Gasteiger partial charge in [-0.15, -0.1) is 0 Å². The van der Waals surface area contributed by atoms with Gasteiger partial charge in [0, 0.05) is 11.8 Å². The molecule has 11 heavy (non-hydrogen) atoms. The van der Waals surface area contributed by atoms with E-state index in [2.05, 4.69) is 10.1 Å². The highest BCUT2D eigenvalue weighted by Gasteiger charge is 2.10. The Balaban J connectivity index is 3.58. The fourth-order valence-corrected chi connectivity index (χ4v) is 1.42. The van der Waals surface area contributed by atoms with Crippen molar-refractivity contribution in [1.29, 1.82) is 0 Å². The van der Waals surface area contributed by atoms with Crippen molar-refractivity contribution in [2.75, 3.05) is 26.2 Å². The number of nitrogens with one attached hydrogen (secondary N) is 1. The van der Waals surface area contributed by atoms with Crippen molar-refractivity contribution in [3.05, 3.63) is 0 Å². The molecule has 1 unspecified atom stereocenters. The third kappa shape index (κ3) is 5.09. The number of hydrogen-bond acceptors (Lipinski definition) is 4. The molecule has 0 radical (unpaired) electrons. The predicted molar refractivity (Wildman–Crippen MR) is 47.9 cm³/mol. The SMILES string of the molecule is CNC(CSC)CC(=O)OC. The summed E-state index contributed by atoms with van der Waals surface area (Å²) in [7, 11) is 3.26. The smallest absolute Gasteiger partial charge is 0.307 e. The zero-order valence-electron chi connectivity index (χ0n) is 7.22. The normalized spacial score (nSPS) is 12.6. The molecule has 0 amide bonds. The van der Waals surface area contributed by atoms with Crippen LogP contribution in [0.3, 0.4) is 0 Å². The molecule has 3 nitrogen and oxygen atoms in total. The molecule has 0 aliphatic heterocycles. The monoisotopic (exact) mass is 177 g/mol. The van der Waals surface area contributed by atoms with Gasteiger partial charge in [-0.2, -0.15) is 11.8 Å². The van der Waals surface area contributed by atoms with Crippen LogP contribution in [0.25, 0.3) is 0 Å². The average molecular weight is 177 g/mol. The van der Waals surface area contributed by atoms with Crippen molar-refractivity contribution in [1.82, 2.24) is 5.32 Å². The van der Waals surface area contributed by atoms with Crippen molar-refractivity contribution in [2.45, 2.75) is 12.5 Å². The molecule has 0 aliphatic carbocycles. The summed E-state index contributed by atoms with van der Waals surface area (Å²) in [5.41, 5.74) is 0. The van der Waals surface area contributed by atoms with Crippen molar-refractivity contribution in [3.8, 4) is 0 Å². The van der Waals surface area contributed by atoms with E-state index in [9.17, 15) is 4.79 Å². The third-order valence-electron chi connectivity index (χ3n) is 1.42. The number of methoxy groups -OCH3 is 1. The number of carbonyl (C=O) groups excluding carboxylic acids is 1. The molecule has 0 aliphatic rings. The summed E-state index contributed by atoms with van der Waals surface area (Å²) < 4.78 is 4.54. The van der Waals surface area contributed by atoms with Crippen LogP contribution in [0.4, 0.5) is 0 Å². The molecule has 1 atom stereocenters. The number of ether oxygens (including phenoxy) is 1. The zero-order chi connectivity index (χ0) is 8.69. The van der Waals surface area contributed by atoms with Gasteiger partial charge in [0.25, 0.3) is 0 Å². The molecule has 66 valence electrons. The Labute approximate surface area is 71.9 Å². The van der Waals surface area contributed by atoms with E-state index in [0.717, 1.165) is 5.75 Å². The Morgan fingerprint density at radius 3 is 2.73 bits per heavy atom. The van der Waals surface area contributed by atoms with Crippen LogP contribution in [0.2, 0.25) is 0 Å². The van der Waals surface area contributed by atoms with Gasteiger partial charge in [0.2, 0.25) is 0 Å². The van der Waals surface area contributed by atoms with Crippen LogP contribution < -0.4 is 5.32 Å². The first-order chi connectivity index (χ1) is 5.24. The van der Waals surface area contributed by atoms with Gasteiger partial charge in [0.1, 0.15) is 0 Å². The number of carbonyl (C=O) groups is 1. The quantitative estimate of drug-likeness (QED) is 0.621. The summed E-state index contributed by atoms with van der Waals surface area (Å²) in [5.74, 6) is 0.782. The minimum absolute atomic E-state index is 0.154. The van der Waals surface area contributed by atoms with Gasteiger partial charge in [-0.3, -0.25) is 4.79 Å². The standard InChI is InChI=1S/C7H15NO2S/c1-8-6(5-11-3)4-7(9)10-2/h6,8H,4-5H2,1-3H3. The summed E-state index contributed by atoms with van der Waals surface area (Å²) >= 11 is 1.72. The van der Waals surface area contributed by atoms with E-state index >= 15 is 0 Å². The Hall–Kier alpha value is -0.220.